The van der Waals surface area contributed by atoms with E-state index in [1.54, 1.807) is 12.1 Å². The van der Waals surface area contributed by atoms with Crippen LogP contribution in [-0.2, 0) is 4.79 Å². The van der Waals surface area contributed by atoms with Crippen LogP contribution in [0.5, 0.6) is 5.75 Å². The number of carbonyl (C=O) groups is 1. The molecule has 0 atom stereocenters. The molecule has 4 nitrogen and oxygen atoms in total. The zero-order chi connectivity index (χ0) is 16.8. The summed E-state index contributed by atoms with van der Waals surface area (Å²) in [6, 6.07) is 9.63. The number of nitrogens with one attached hydrogen (secondary N) is 1. The second-order valence-electron chi connectivity index (χ2n) is 5.00. The molecule has 6 heteroatoms. The third-order valence-corrected chi connectivity index (χ3v) is 3.50. The van der Waals surface area contributed by atoms with Crippen LogP contribution in [-0.4, -0.2) is 18.7 Å². The summed E-state index contributed by atoms with van der Waals surface area (Å²) in [5.41, 5.74) is 4.94. The van der Waals surface area contributed by atoms with Gasteiger partial charge in [-0.3, -0.25) is 4.79 Å². The second-order valence-corrected chi connectivity index (χ2v) is 5.92. The second kappa shape index (κ2) is 7.87. The Morgan fingerprint density at radius 1 is 1.26 bits per heavy atom. The fourth-order valence-corrected chi connectivity index (χ4v) is 2.71. The van der Waals surface area contributed by atoms with E-state index in [0.29, 0.717) is 11.3 Å². The number of ether oxygens (including phenoxy) is 1. The van der Waals surface area contributed by atoms with Crippen molar-refractivity contribution >= 4 is 28.1 Å². The van der Waals surface area contributed by atoms with Crippen molar-refractivity contribution in [1.29, 1.82) is 0 Å². The minimum absolute atomic E-state index is 0.135. The zero-order valence-corrected chi connectivity index (χ0v) is 14.4. The Bertz CT molecular complexity index is 707. The summed E-state index contributed by atoms with van der Waals surface area (Å²) in [5, 5.41) is 3.81. The van der Waals surface area contributed by atoms with Crippen LogP contribution in [0.4, 0.5) is 4.39 Å². The summed E-state index contributed by atoms with van der Waals surface area (Å²) in [6.07, 6.45) is 1.44. The van der Waals surface area contributed by atoms with E-state index >= 15 is 0 Å². The van der Waals surface area contributed by atoms with Crippen molar-refractivity contribution in [1.82, 2.24) is 5.43 Å². The Balaban J connectivity index is 1.87. The van der Waals surface area contributed by atoms with E-state index in [1.807, 2.05) is 26.0 Å². The van der Waals surface area contributed by atoms with Crippen LogP contribution in [0, 0.1) is 19.7 Å². The molecular weight excluding hydrogens is 363 g/mol. The van der Waals surface area contributed by atoms with E-state index in [4.69, 9.17) is 4.74 Å². The number of carbonyl (C=O) groups excluding carboxylic acids is 1. The van der Waals surface area contributed by atoms with Gasteiger partial charge in [0.2, 0.25) is 0 Å². The van der Waals surface area contributed by atoms with Gasteiger partial charge < -0.3 is 4.74 Å². The SMILES string of the molecule is Cc1cc(Br)cc(C)c1OCC(=O)N/N=C/c1ccc(F)cc1. The van der Waals surface area contributed by atoms with Crippen molar-refractivity contribution in [2.45, 2.75) is 13.8 Å². The van der Waals surface area contributed by atoms with Crippen molar-refractivity contribution < 1.29 is 13.9 Å². The van der Waals surface area contributed by atoms with Gasteiger partial charge in [0, 0.05) is 4.47 Å². The largest absolute Gasteiger partial charge is 0.483 e. The van der Waals surface area contributed by atoms with Crippen LogP contribution < -0.4 is 10.2 Å². The average Bonchev–Trinajstić information content (AvgIpc) is 2.48. The molecule has 0 bridgehead atoms. The van der Waals surface area contributed by atoms with Crippen molar-refractivity contribution in [3.8, 4) is 5.75 Å². The third kappa shape index (κ3) is 5.17. The summed E-state index contributed by atoms with van der Waals surface area (Å²) in [7, 11) is 0. The van der Waals surface area contributed by atoms with Gasteiger partial charge in [-0.15, -0.1) is 0 Å². The minimum atomic E-state index is -0.370. The molecule has 0 saturated heterocycles. The maximum absolute atomic E-state index is 12.8. The molecule has 1 amide bonds. The Hall–Kier alpha value is -2.21. The van der Waals surface area contributed by atoms with Crippen molar-refractivity contribution in [2.24, 2.45) is 5.10 Å². The molecule has 0 radical (unpaired) electrons. The van der Waals surface area contributed by atoms with E-state index in [-0.39, 0.29) is 18.3 Å². The first kappa shape index (κ1) is 17.1. The summed E-state index contributed by atoms with van der Waals surface area (Å²) in [4.78, 5) is 11.7. The highest BCUT2D eigenvalue weighted by Crippen LogP contribution is 2.27. The van der Waals surface area contributed by atoms with Crippen LogP contribution in [0.2, 0.25) is 0 Å². The van der Waals surface area contributed by atoms with Gasteiger partial charge in [0.1, 0.15) is 11.6 Å². The zero-order valence-electron chi connectivity index (χ0n) is 12.8. The molecule has 23 heavy (non-hydrogen) atoms. The Morgan fingerprint density at radius 3 is 2.48 bits per heavy atom. The van der Waals surface area contributed by atoms with Crippen LogP contribution in [0.15, 0.2) is 46.0 Å². The quantitative estimate of drug-likeness (QED) is 0.636. The highest BCUT2D eigenvalue weighted by atomic mass is 79.9. The van der Waals surface area contributed by atoms with Gasteiger partial charge >= 0.3 is 0 Å². The Morgan fingerprint density at radius 2 is 1.87 bits per heavy atom. The van der Waals surface area contributed by atoms with E-state index in [2.05, 4.69) is 26.5 Å². The van der Waals surface area contributed by atoms with Crippen molar-refractivity contribution in [3.05, 3.63) is 63.4 Å². The van der Waals surface area contributed by atoms with Crippen LogP contribution in [0.3, 0.4) is 0 Å². The van der Waals surface area contributed by atoms with Crippen molar-refractivity contribution in [2.75, 3.05) is 6.61 Å². The molecule has 0 heterocycles. The lowest BCUT2D eigenvalue weighted by Crippen LogP contribution is -2.25. The molecule has 0 unspecified atom stereocenters. The summed E-state index contributed by atoms with van der Waals surface area (Å²) < 4.78 is 19.3. The standard InChI is InChI=1S/C17H16BrFN2O2/c1-11-7-14(18)8-12(2)17(11)23-10-16(22)21-20-9-13-3-5-15(19)6-4-13/h3-9H,10H2,1-2H3,(H,21,22)/b20-9+. The molecular formula is C17H16BrFN2O2. The van der Waals surface area contributed by atoms with Gasteiger partial charge in [-0.25, -0.2) is 9.82 Å². The lowest BCUT2D eigenvalue weighted by atomic mass is 10.1. The number of aryl methyl sites for hydroxylation is 2. The van der Waals surface area contributed by atoms with Gasteiger partial charge in [-0.2, -0.15) is 5.10 Å². The first-order chi connectivity index (χ1) is 11.0. The van der Waals surface area contributed by atoms with E-state index < -0.39 is 0 Å². The number of halogens is 2. The molecule has 120 valence electrons. The van der Waals surface area contributed by atoms with Gasteiger partial charge in [0.05, 0.1) is 6.21 Å². The molecule has 2 aromatic rings. The van der Waals surface area contributed by atoms with Crippen LogP contribution in [0.25, 0.3) is 0 Å². The monoisotopic (exact) mass is 378 g/mol. The first-order valence-electron chi connectivity index (χ1n) is 6.92. The molecule has 0 saturated carbocycles. The molecule has 2 rings (SSSR count). The van der Waals surface area contributed by atoms with E-state index in [1.165, 1.54) is 18.3 Å². The van der Waals surface area contributed by atoms with Crippen molar-refractivity contribution in [3.63, 3.8) is 0 Å². The van der Waals surface area contributed by atoms with Gasteiger partial charge in [0.25, 0.3) is 5.91 Å². The number of benzene rings is 2. The maximum Gasteiger partial charge on any atom is 0.277 e. The highest BCUT2D eigenvalue weighted by molar-refractivity contribution is 9.10. The molecule has 0 aliphatic heterocycles. The minimum Gasteiger partial charge on any atom is -0.483 e. The number of hydrazone groups is 1. The number of nitrogens with zero attached hydrogens (tertiary/aromatic N) is 1. The fourth-order valence-electron chi connectivity index (χ4n) is 2.02. The maximum atomic E-state index is 12.8. The number of hydrogen-bond donors (Lipinski definition) is 1. The topological polar surface area (TPSA) is 50.7 Å². The van der Waals surface area contributed by atoms with Gasteiger partial charge in [0.15, 0.2) is 6.61 Å². The lowest BCUT2D eigenvalue weighted by molar-refractivity contribution is -0.123. The van der Waals surface area contributed by atoms with E-state index in [9.17, 15) is 9.18 Å². The van der Waals surface area contributed by atoms with E-state index in [0.717, 1.165) is 15.6 Å². The molecule has 0 fully saturated rings. The predicted molar refractivity (Wildman–Crippen MR) is 91.2 cm³/mol. The van der Waals surface area contributed by atoms with Gasteiger partial charge in [-0.1, -0.05) is 28.1 Å². The number of amides is 1. The van der Waals surface area contributed by atoms with Gasteiger partial charge in [-0.05, 0) is 54.8 Å². The average molecular weight is 379 g/mol. The Kier molecular flexibility index (Phi) is 5.87. The summed E-state index contributed by atoms with van der Waals surface area (Å²) in [6.45, 7) is 3.69. The molecule has 1 N–H and O–H groups in total. The molecule has 0 aromatic heterocycles. The van der Waals surface area contributed by atoms with Crippen LogP contribution in [0.1, 0.15) is 16.7 Å². The lowest BCUT2D eigenvalue weighted by Gasteiger charge is -2.11. The fraction of sp³-hybridized carbons (Fsp3) is 0.176. The Labute approximate surface area is 142 Å². The molecule has 0 aliphatic rings. The molecule has 2 aromatic carbocycles. The smallest absolute Gasteiger partial charge is 0.277 e. The van der Waals surface area contributed by atoms with Crippen LogP contribution >= 0.6 is 15.9 Å². The molecule has 0 aliphatic carbocycles. The normalized spacial score (nSPS) is 10.8. The number of rotatable bonds is 5. The first-order valence-corrected chi connectivity index (χ1v) is 7.72. The third-order valence-electron chi connectivity index (χ3n) is 3.05. The summed E-state index contributed by atoms with van der Waals surface area (Å²) in [5.74, 6) is -0.00392. The predicted octanol–water partition coefficient (Wildman–Crippen LogP) is 3.73. The highest BCUT2D eigenvalue weighted by Gasteiger charge is 2.08. The molecule has 0 spiro atoms. The number of hydrogen-bond acceptors (Lipinski definition) is 3. The summed E-state index contributed by atoms with van der Waals surface area (Å²) >= 11 is 3.41.